The fraction of sp³-hybridized carbons (Fsp3) is 0.227. The Labute approximate surface area is 181 Å². The standard InChI is InChI=1S/C22H19BrFN3O3/c23-18-11-15(5-7-19(18)24)6-8-21(28)27-9-10-29-16(12-27)13-30-22-17-3-1-2-4-20(17)25-14-26-22/h1-8,11,14,16H,9-10,12-13H2/b8-6+. The first kappa shape index (κ1) is 20.4. The Balaban J connectivity index is 1.36. The fourth-order valence-corrected chi connectivity index (χ4v) is 3.57. The summed E-state index contributed by atoms with van der Waals surface area (Å²) >= 11 is 3.15. The van der Waals surface area contributed by atoms with Gasteiger partial charge in [0, 0.05) is 12.6 Å². The van der Waals surface area contributed by atoms with Crippen LogP contribution in [0.1, 0.15) is 5.56 Å². The van der Waals surface area contributed by atoms with Gasteiger partial charge in [0.2, 0.25) is 11.8 Å². The van der Waals surface area contributed by atoms with Crippen molar-refractivity contribution in [2.75, 3.05) is 26.3 Å². The van der Waals surface area contributed by atoms with Gasteiger partial charge in [-0.1, -0.05) is 18.2 Å². The number of morpholine rings is 1. The van der Waals surface area contributed by atoms with Gasteiger partial charge in [-0.05, 0) is 51.8 Å². The van der Waals surface area contributed by atoms with Crippen molar-refractivity contribution in [3.05, 3.63) is 70.7 Å². The van der Waals surface area contributed by atoms with Crippen molar-refractivity contribution in [1.82, 2.24) is 14.9 Å². The van der Waals surface area contributed by atoms with Gasteiger partial charge < -0.3 is 14.4 Å². The molecule has 1 aromatic heterocycles. The summed E-state index contributed by atoms with van der Waals surface area (Å²) < 4.78 is 25.3. The average Bonchev–Trinajstić information content (AvgIpc) is 2.78. The van der Waals surface area contributed by atoms with Gasteiger partial charge in [0.25, 0.3) is 0 Å². The number of carbonyl (C=O) groups is 1. The minimum Gasteiger partial charge on any atom is -0.474 e. The van der Waals surface area contributed by atoms with E-state index in [1.165, 1.54) is 18.5 Å². The molecule has 6 nitrogen and oxygen atoms in total. The average molecular weight is 472 g/mol. The van der Waals surface area contributed by atoms with Crippen LogP contribution in [0, 0.1) is 5.82 Å². The summed E-state index contributed by atoms with van der Waals surface area (Å²) in [6, 6.07) is 12.2. The van der Waals surface area contributed by atoms with E-state index in [4.69, 9.17) is 9.47 Å². The van der Waals surface area contributed by atoms with E-state index in [0.29, 0.717) is 30.0 Å². The summed E-state index contributed by atoms with van der Waals surface area (Å²) in [7, 11) is 0. The smallest absolute Gasteiger partial charge is 0.246 e. The highest BCUT2D eigenvalue weighted by atomic mass is 79.9. The second kappa shape index (κ2) is 9.32. The normalized spacial score (nSPS) is 16.9. The Morgan fingerprint density at radius 3 is 3.03 bits per heavy atom. The largest absolute Gasteiger partial charge is 0.474 e. The number of aromatic nitrogens is 2. The van der Waals surface area contributed by atoms with Crippen LogP contribution >= 0.6 is 15.9 Å². The molecule has 0 aliphatic carbocycles. The molecule has 0 bridgehead atoms. The lowest BCUT2D eigenvalue weighted by Gasteiger charge is -2.32. The zero-order chi connectivity index (χ0) is 20.9. The first-order valence-corrected chi connectivity index (χ1v) is 10.3. The maximum atomic E-state index is 13.3. The molecule has 154 valence electrons. The van der Waals surface area contributed by atoms with E-state index in [2.05, 4.69) is 25.9 Å². The van der Waals surface area contributed by atoms with Crippen LogP contribution in [0.5, 0.6) is 5.88 Å². The summed E-state index contributed by atoms with van der Waals surface area (Å²) in [5, 5.41) is 0.831. The number of carbonyl (C=O) groups excluding carboxylic acids is 1. The monoisotopic (exact) mass is 471 g/mol. The quantitative estimate of drug-likeness (QED) is 0.528. The SMILES string of the molecule is O=C(/C=C/c1ccc(F)c(Br)c1)N1CCOC(COc2ncnc3ccccc23)C1. The molecular weight excluding hydrogens is 453 g/mol. The van der Waals surface area contributed by atoms with Gasteiger partial charge in [-0.25, -0.2) is 14.4 Å². The minimum atomic E-state index is -0.342. The lowest BCUT2D eigenvalue weighted by molar-refractivity contribution is -0.134. The number of para-hydroxylation sites is 1. The molecule has 1 fully saturated rings. The molecule has 1 saturated heterocycles. The number of ether oxygens (including phenoxy) is 2. The molecule has 8 heteroatoms. The predicted molar refractivity (Wildman–Crippen MR) is 114 cm³/mol. The van der Waals surface area contributed by atoms with E-state index >= 15 is 0 Å². The number of fused-ring (bicyclic) bond motifs is 1. The first-order valence-electron chi connectivity index (χ1n) is 9.46. The van der Waals surface area contributed by atoms with Gasteiger partial charge >= 0.3 is 0 Å². The van der Waals surface area contributed by atoms with Crippen molar-refractivity contribution in [2.24, 2.45) is 0 Å². The van der Waals surface area contributed by atoms with Gasteiger partial charge in [-0.15, -0.1) is 0 Å². The van der Waals surface area contributed by atoms with E-state index < -0.39 is 0 Å². The van der Waals surface area contributed by atoms with E-state index in [9.17, 15) is 9.18 Å². The molecule has 2 aromatic carbocycles. The number of halogens is 2. The third-order valence-electron chi connectivity index (χ3n) is 4.72. The molecule has 1 aliphatic rings. The van der Waals surface area contributed by atoms with Crippen molar-refractivity contribution < 1.29 is 18.7 Å². The van der Waals surface area contributed by atoms with Gasteiger partial charge in [-0.3, -0.25) is 4.79 Å². The Morgan fingerprint density at radius 1 is 1.30 bits per heavy atom. The van der Waals surface area contributed by atoms with Crippen LogP contribution in [0.25, 0.3) is 17.0 Å². The lowest BCUT2D eigenvalue weighted by atomic mass is 10.2. The summed E-state index contributed by atoms with van der Waals surface area (Å²) in [6.45, 7) is 1.63. The van der Waals surface area contributed by atoms with Gasteiger partial charge in [0.1, 0.15) is 24.9 Å². The number of nitrogens with zero attached hydrogens (tertiary/aromatic N) is 3. The fourth-order valence-electron chi connectivity index (χ4n) is 3.18. The summed E-state index contributed by atoms with van der Waals surface area (Å²) in [5.41, 5.74) is 1.54. The second-order valence-electron chi connectivity index (χ2n) is 6.79. The van der Waals surface area contributed by atoms with Crippen LogP contribution in [0.3, 0.4) is 0 Å². The molecule has 0 N–H and O–H groups in total. The Kier molecular flexibility index (Phi) is 6.35. The highest BCUT2D eigenvalue weighted by Gasteiger charge is 2.24. The van der Waals surface area contributed by atoms with Crippen LogP contribution < -0.4 is 4.74 Å². The van der Waals surface area contributed by atoms with E-state index in [-0.39, 0.29) is 24.4 Å². The molecule has 0 saturated carbocycles. The van der Waals surface area contributed by atoms with Crippen LogP contribution in [0.15, 0.2) is 59.3 Å². The molecule has 1 unspecified atom stereocenters. The van der Waals surface area contributed by atoms with Crippen molar-refractivity contribution in [3.8, 4) is 5.88 Å². The minimum absolute atomic E-state index is 0.128. The van der Waals surface area contributed by atoms with Crippen LogP contribution in [0.4, 0.5) is 4.39 Å². The molecule has 1 aliphatic heterocycles. The van der Waals surface area contributed by atoms with E-state index in [1.807, 2.05) is 24.3 Å². The third-order valence-corrected chi connectivity index (χ3v) is 5.33. The molecule has 2 heterocycles. The number of hydrogen-bond acceptors (Lipinski definition) is 5. The molecule has 4 rings (SSSR count). The van der Waals surface area contributed by atoms with Gasteiger partial charge in [0.05, 0.1) is 28.5 Å². The molecule has 1 atom stereocenters. The van der Waals surface area contributed by atoms with Crippen LogP contribution in [-0.2, 0) is 9.53 Å². The molecular formula is C22H19BrFN3O3. The van der Waals surface area contributed by atoms with Crippen molar-refractivity contribution in [3.63, 3.8) is 0 Å². The molecule has 0 spiro atoms. The summed E-state index contributed by atoms with van der Waals surface area (Å²) in [6.07, 6.45) is 4.36. The van der Waals surface area contributed by atoms with E-state index in [0.717, 1.165) is 16.5 Å². The maximum absolute atomic E-state index is 13.3. The summed E-state index contributed by atoms with van der Waals surface area (Å²) in [5.74, 6) is 0.0247. The molecule has 0 radical (unpaired) electrons. The van der Waals surface area contributed by atoms with E-state index in [1.54, 1.807) is 23.1 Å². The first-order chi connectivity index (χ1) is 14.6. The highest BCUT2D eigenvalue weighted by molar-refractivity contribution is 9.10. The molecule has 3 aromatic rings. The Hall–Kier alpha value is -2.84. The highest BCUT2D eigenvalue weighted by Crippen LogP contribution is 2.21. The maximum Gasteiger partial charge on any atom is 0.246 e. The summed E-state index contributed by atoms with van der Waals surface area (Å²) in [4.78, 5) is 22.7. The number of amides is 1. The topological polar surface area (TPSA) is 64.6 Å². The number of hydrogen-bond donors (Lipinski definition) is 0. The van der Waals surface area contributed by atoms with Crippen molar-refractivity contribution in [2.45, 2.75) is 6.10 Å². The van der Waals surface area contributed by atoms with Gasteiger partial charge in [0.15, 0.2) is 0 Å². The zero-order valence-corrected chi connectivity index (χ0v) is 17.6. The predicted octanol–water partition coefficient (Wildman–Crippen LogP) is 3.85. The van der Waals surface area contributed by atoms with Crippen molar-refractivity contribution >= 4 is 38.8 Å². The van der Waals surface area contributed by atoms with Crippen molar-refractivity contribution in [1.29, 1.82) is 0 Å². The van der Waals surface area contributed by atoms with Crippen LogP contribution in [-0.4, -0.2) is 53.2 Å². The third kappa shape index (κ3) is 4.83. The number of benzene rings is 2. The van der Waals surface area contributed by atoms with Crippen LogP contribution in [0.2, 0.25) is 0 Å². The Morgan fingerprint density at radius 2 is 2.17 bits per heavy atom. The Bertz CT molecular complexity index is 1090. The number of rotatable bonds is 5. The lowest BCUT2D eigenvalue weighted by Crippen LogP contribution is -2.47. The molecule has 30 heavy (non-hydrogen) atoms. The molecule has 1 amide bonds. The van der Waals surface area contributed by atoms with Gasteiger partial charge in [-0.2, -0.15) is 0 Å². The zero-order valence-electron chi connectivity index (χ0n) is 16.0. The second-order valence-corrected chi connectivity index (χ2v) is 7.65.